The van der Waals surface area contributed by atoms with Crippen LogP contribution in [-0.2, 0) is 11.2 Å². The molecule has 0 radical (unpaired) electrons. The van der Waals surface area contributed by atoms with Crippen LogP contribution in [0.1, 0.15) is 40.1 Å². The highest BCUT2D eigenvalue weighted by molar-refractivity contribution is 7.10. The number of ketones is 1. The number of nitrogens with zero attached hydrogens (tertiary/aromatic N) is 1. The minimum Gasteiger partial charge on any atom is -0.484 e. The number of para-hydroxylation sites is 1. The van der Waals surface area contributed by atoms with Crippen LogP contribution in [0.2, 0.25) is 0 Å². The molecule has 1 spiro atoms. The second-order valence-electron chi connectivity index (χ2n) is 6.97. The predicted octanol–water partition coefficient (Wildman–Crippen LogP) is 3.63. The smallest absolute Gasteiger partial charge is 0.223 e. The normalized spacial score (nSPS) is 22.1. The van der Waals surface area contributed by atoms with Crippen LogP contribution in [0.4, 0.5) is 0 Å². The van der Waals surface area contributed by atoms with Crippen molar-refractivity contribution >= 4 is 23.0 Å². The lowest BCUT2D eigenvalue weighted by molar-refractivity contribution is -0.130. The zero-order valence-electron chi connectivity index (χ0n) is 14.3. The van der Waals surface area contributed by atoms with Gasteiger partial charge in [0.15, 0.2) is 5.78 Å². The molecule has 2 aliphatic heterocycles. The fraction of sp³-hybridized carbons (Fsp3) is 0.400. The second-order valence-corrected chi connectivity index (χ2v) is 7.97. The third-order valence-corrected chi connectivity index (χ3v) is 6.28. The number of likely N-dealkylation sites (tertiary alicyclic amines) is 1. The van der Waals surface area contributed by atoms with Crippen LogP contribution in [0.3, 0.4) is 0 Å². The first-order valence-electron chi connectivity index (χ1n) is 8.68. The first-order chi connectivity index (χ1) is 12.1. The molecule has 3 heterocycles. The third kappa shape index (κ3) is 3.09. The summed E-state index contributed by atoms with van der Waals surface area (Å²) < 4.78 is 6.19. The Morgan fingerprint density at radius 2 is 2.16 bits per heavy atom. The van der Waals surface area contributed by atoms with Gasteiger partial charge in [-0.05, 0) is 42.5 Å². The summed E-state index contributed by atoms with van der Waals surface area (Å²) in [7, 11) is 0. The molecule has 0 bridgehead atoms. The number of thiophene rings is 1. The lowest BCUT2D eigenvalue weighted by Crippen LogP contribution is -2.45. The van der Waals surface area contributed by atoms with Crippen molar-refractivity contribution in [3.05, 3.63) is 51.7 Å². The molecule has 25 heavy (non-hydrogen) atoms. The van der Waals surface area contributed by atoms with E-state index in [0.29, 0.717) is 37.2 Å². The van der Waals surface area contributed by atoms with Gasteiger partial charge < -0.3 is 9.64 Å². The summed E-state index contributed by atoms with van der Waals surface area (Å²) in [6, 6.07) is 9.49. The quantitative estimate of drug-likeness (QED) is 0.845. The van der Waals surface area contributed by atoms with Gasteiger partial charge in [-0.2, -0.15) is 0 Å². The van der Waals surface area contributed by atoms with E-state index >= 15 is 0 Å². The molecular weight excluding hydrogens is 334 g/mol. The Bertz CT molecular complexity index is 828. The molecule has 1 atom stereocenters. The van der Waals surface area contributed by atoms with E-state index < -0.39 is 5.60 Å². The number of ether oxygens (including phenoxy) is 1. The first-order valence-corrected chi connectivity index (χ1v) is 9.56. The summed E-state index contributed by atoms with van der Waals surface area (Å²) in [5.41, 5.74) is 1.37. The molecule has 1 fully saturated rings. The average molecular weight is 355 g/mol. The molecule has 1 aromatic heterocycles. The SMILES string of the molecule is Cc1ccsc1CCC(=O)N1CCC2(CC(=O)c3ccccc3O2)C1. The van der Waals surface area contributed by atoms with Crippen molar-refractivity contribution in [2.75, 3.05) is 13.1 Å². The molecule has 1 unspecified atom stereocenters. The highest BCUT2D eigenvalue weighted by Crippen LogP contribution is 2.38. The maximum Gasteiger partial charge on any atom is 0.223 e. The highest BCUT2D eigenvalue weighted by Gasteiger charge is 2.46. The van der Waals surface area contributed by atoms with Gasteiger partial charge in [-0.3, -0.25) is 9.59 Å². The number of rotatable bonds is 3. The van der Waals surface area contributed by atoms with E-state index in [-0.39, 0.29) is 11.7 Å². The highest BCUT2D eigenvalue weighted by atomic mass is 32.1. The van der Waals surface area contributed by atoms with Crippen molar-refractivity contribution in [3.8, 4) is 5.75 Å². The monoisotopic (exact) mass is 355 g/mol. The first kappa shape index (κ1) is 16.3. The number of Topliss-reactive ketones (excluding diaryl/α,β-unsaturated/α-hetero) is 1. The summed E-state index contributed by atoms with van der Waals surface area (Å²) >= 11 is 1.71. The Morgan fingerprint density at radius 3 is 2.96 bits per heavy atom. The van der Waals surface area contributed by atoms with Gasteiger partial charge in [0.05, 0.1) is 18.5 Å². The molecule has 0 N–H and O–H groups in total. The molecule has 1 aromatic carbocycles. The van der Waals surface area contributed by atoms with Crippen LogP contribution in [-0.4, -0.2) is 35.3 Å². The van der Waals surface area contributed by atoms with Crippen LogP contribution in [0.15, 0.2) is 35.7 Å². The fourth-order valence-corrected chi connectivity index (χ4v) is 4.68. The largest absolute Gasteiger partial charge is 0.484 e. The van der Waals surface area contributed by atoms with Crippen molar-refractivity contribution in [3.63, 3.8) is 0 Å². The third-order valence-electron chi connectivity index (χ3n) is 5.20. The Labute approximate surface area is 151 Å². The number of carbonyl (C=O) groups excluding carboxylic acids is 2. The van der Waals surface area contributed by atoms with E-state index in [0.717, 1.165) is 12.8 Å². The van der Waals surface area contributed by atoms with Gasteiger partial charge in [0.1, 0.15) is 11.4 Å². The molecule has 4 nitrogen and oxygen atoms in total. The van der Waals surface area contributed by atoms with Gasteiger partial charge in [0.2, 0.25) is 5.91 Å². The molecule has 4 rings (SSSR count). The van der Waals surface area contributed by atoms with Crippen LogP contribution in [0.25, 0.3) is 0 Å². The average Bonchev–Trinajstić information content (AvgIpc) is 3.19. The topological polar surface area (TPSA) is 46.6 Å². The minimum atomic E-state index is -0.542. The number of benzene rings is 1. The molecule has 5 heteroatoms. The molecular formula is C20H21NO3S. The summed E-state index contributed by atoms with van der Waals surface area (Å²) in [5.74, 6) is 0.923. The molecule has 1 amide bonds. The lowest BCUT2D eigenvalue weighted by Gasteiger charge is -2.34. The number of hydrogen-bond acceptors (Lipinski definition) is 4. The van der Waals surface area contributed by atoms with Crippen molar-refractivity contribution in [2.24, 2.45) is 0 Å². The van der Waals surface area contributed by atoms with E-state index in [1.54, 1.807) is 11.3 Å². The fourth-order valence-electron chi connectivity index (χ4n) is 3.77. The van der Waals surface area contributed by atoms with E-state index in [1.165, 1.54) is 10.4 Å². The van der Waals surface area contributed by atoms with Gasteiger partial charge in [-0.25, -0.2) is 0 Å². The number of amides is 1. The molecule has 2 aliphatic rings. The Hall–Kier alpha value is -2.14. The maximum atomic E-state index is 12.6. The summed E-state index contributed by atoms with van der Waals surface area (Å²) in [5, 5.41) is 2.07. The number of hydrogen-bond donors (Lipinski definition) is 0. The standard InChI is InChI=1S/C20H21NO3S/c1-14-8-11-25-18(14)6-7-19(23)21-10-9-20(13-21)12-16(22)15-4-2-3-5-17(15)24-20/h2-5,8,11H,6-7,9-10,12-13H2,1H3. The molecule has 2 aromatic rings. The van der Waals surface area contributed by atoms with Crippen LogP contribution in [0.5, 0.6) is 5.75 Å². The minimum absolute atomic E-state index is 0.116. The number of fused-ring (bicyclic) bond motifs is 1. The van der Waals surface area contributed by atoms with Gasteiger partial charge in [-0.15, -0.1) is 11.3 Å². The Morgan fingerprint density at radius 1 is 1.32 bits per heavy atom. The van der Waals surface area contributed by atoms with Crippen molar-refractivity contribution in [1.82, 2.24) is 4.90 Å². The maximum absolute atomic E-state index is 12.6. The van der Waals surface area contributed by atoms with Crippen LogP contribution < -0.4 is 4.74 Å². The van der Waals surface area contributed by atoms with E-state index in [2.05, 4.69) is 18.4 Å². The van der Waals surface area contributed by atoms with Crippen LogP contribution >= 0.6 is 11.3 Å². The number of carbonyl (C=O) groups is 2. The molecule has 130 valence electrons. The lowest BCUT2D eigenvalue weighted by atomic mass is 9.89. The van der Waals surface area contributed by atoms with Gasteiger partial charge in [0.25, 0.3) is 0 Å². The molecule has 0 saturated carbocycles. The van der Waals surface area contributed by atoms with Crippen molar-refractivity contribution in [1.29, 1.82) is 0 Å². The Balaban J connectivity index is 1.42. The van der Waals surface area contributed by atoms with Crippen molar-refractivity contribution < 1.29 is 14.3 Å². The molecule has 0 aliphatic carbocycles. The summed E-state index contributed by atoms with van der Waals surface area (Å²) in [6.45, 7) is 3.26. The summed E-state index contributed by atoms with van der Waals surface area (Å²) in [4.78, 5) is 28.2. The summed E-state index contributed by atoms with van der Waals surface area (Å²) in [6.07, 6.45) is 2.38. The van der Waals surface area contributed by atoms with Gasteiger partial charge in [-0.1, -0.05) is 12.1 Å². The van der Waals surface area contributed by atoms with Crippen molar-refractivity contribution in [2.45, 2.75) is 38.2 Å². The van der Waals surface area contributed by atoms with E-state index in [1.807, 2.05) is 29.2 Å². The number of aryl methyl sites for hydroxylation is 2. The zero-order chi connectivity index (χ0) is 17.4. The Kier molecular flexibility index (Phi) is 4.12. The van der Waals surface area contributed by atoms with E-state index in [9.17, 15) is 9.59 Å². The van der Waals surface area contributed by atoms with Gasteiger partial charge in [0, 0.05) is 24.3 Å². The zero-order valence-corrected chi connectivity index (χ0v) is 15.1. The molecule has 1 saturated heterocycles. The van der Waals surface area contributed by atoms with E-state index in [4.69, 9.17) is 4.74 Å². The second kappa shape index (κ2) is 6.30. The predicted molar refractivity (Wildman–Crippen MR) is 97.3 cm³/mol. The van der Waals surface area contributed by atoms with Gasteiger partial charge >= 0.3 is 0 Å². The van der Waals surface area contributed by atoms with Crippen LogP contribution in [0, 0.1) is 6.92 Å².